The van der Waals surface area contributed by atoms with E-state index in [1.807, 2.05) is 23.1 Å². The molecule has 2 heterocycles. The molecule has 21 heavy (non-hydrogen) atoms. The van der Waals surface area contributed by atoms with Crippen molar-refractivity contribution in [3.05, 3.63) is 48.0 Å². The molecule has 110 valence electrons. The lowest BCUT2D eigenvalue weighted by atomic mass is 10.2. The van der Waals surface area contributed by atoms with Gasteiger partial charge in [-0.3, -0.25) is 4.68 Å². The summed E-state index contributed by atoms with van der Waals surface area (Å²) in [4.78, 5) is 4.73. The standard InChI is InChI=1S/C16H19ClN4/c1-13-5-2-6-14-16(13)21(15(19-14)7-8-17)12-4-11-20-10-3-9-18-20/h2-3,5-6,9-10H,4,7-8,11-12H2,1H3. The van der Waals surface area contributed by atoms with Gasteiger partial charge in [-0.2, -0.15) is 5.10 Å². The van der Waals surface area contributed by atoms with Gasteiger partial charge in [0.25, 0.3) is 0 Å². The van der Waals surface area contributed by atoms with Crippen molar-refractivity contribution in [1.29, 1.82) is 0 Å². The first-order chi connectivity index (χ1) is 10.3. The number of fused-ring (bicyclic) bond motifs is 1. The highest BCUT2D eigenvalue weighted by atomic mass is 35.5. The molecule has 2 aromatic heterocycles. The molecule has 5 heteroatoms. The Morgan fingerprint density at radius 3 is 2.86 bits per heavy atom. The zero-order chi connectivity index (χ0) is 14.7. The van der Waals surface area contributed by atoms with Gasteiger partial charge in [-0.1, -0.05) is 12.1 Å². The molecule has 0 radical (unpaired) electrons. The van der Waals surface area contributed by atoms with E-state index in [0.717, 1.165) is 37.3 Å². The lowest BCUT2D eigenvalue weighted by Gasteiger charge is -2.10. The van der Waals surface area contributed by atoms with E-state index in [2.05, 4.69) is 34.8 Å². The lowest BCUT2D eigenvalue weighted by Crippen LogP contribution is -2.08. The molecule has 1 aromatic carbocycles. The summed E-state index contributed by atoms with van der Waals surface area (Å²) in [5.41, 5.74) is 3.56. The maximum absolute atomic E-state index is 5.92. The number of hydrogen-bond donors (Lipinski definition) is 0. The zero-order valence-electron chi connectivity index (χ0n) is 12.2. The van der Waals surface area contributed by atoms with E-state index in [9.17, 15) is 0 Å². The molecule has 0 aliphatic heterocycles. The van der Waals surface area contributed by atoms with Gasteiger partial charge in [0, 0.05) is 37.8 Å². The lowest BCUT2D eigenvalue weighted by molar-refractivity contribution is 0.524. The van der Waals surface area contributed by atoms with Gasteiger partial charge in [-0.15, -0.1) is 11.6 Å². The molecule has 0 saturated carbocycles. The molecule has 0 saturated heterocycles. The van der Waals surface area contributed by atoms with Gasteiger partial charge >= 0.3 is 0 Å². The average Bonchev–Trinajstić information content (AvgIpc) is 3.09. The Kier molecular flexibility index (Phi) is 4.25. The van der Waals surface area contributed by atoms with Crippen molar-refractivity contribution >= 4 is 22.6 Å². The Hall–Kier alpha value is -1.81. The summed E-state index contributed by atoms with van der Waals surface area (Å²) in [7, 11) is 0. The topological polar surface area (TPSA) is 35.6 Å². The summed E-state index contributed by atoms with van der Waals surface area (Å²) in [5, 5.41) is 4.24. The number of alkyl halides is 1. The molecular weight excluding hydrogens is 284 g/mol. The largest absolute Gasteiger partial charge is 0.328 e. The van der Waals surface area contributed by atoms with E-state index in [4.69, 9.17) is 16.6 Å². The molecule has 0 amide bonds. The van der Waals surface area contributed by atoms with Crippen LogP contribution < -0.4 is 0 Å². The number of halogens is 1. The Morgan fingerprint density at radius 2 is 2.10 bits per heavy atom. The number of rotatable bonds is 6. The molecule has 4 nitrogen and oxygen atoms in total. The highest BCUT2D eigenvalue weighted by molar-refractivity contribution is 6.17. The number of imidazole rings is 1. The van der Waals surface area contributed by atoms with Gasteiger partial charge in [0.05, 0.1) is 11.0 Å². The summed E-state index contributed by atoms with van der Waals surface area (Å²) >= 11 is 5.92. The van der Waals surface area contributed by atoms with Gasteiger partial charge < -0.3 is 4.57 Å². The molecule has 0 bridgehead atoms. The maximum atomic E-state index is 5.92. The van der Waals surface area contributed by atoms with E-state index in [0.29, 0.717) is 5.88 Å². The van der Waals surface area contributed by atoms with Crippen LogP contribution in [-0.2, 0) is 19.5 Å². The van der Waals surface area contributed by atoms with Crippen molar-refractivity contribution in [3.8, 4) is 0 Å². The fourth-order valence-corrected chi connectivity index (χ4v) is 2.92. The van der Waals surface area contributed by atoms with Crippen molar-refractivity contribution in [2.75, 3.05) is 5.88 Å². The summed E-state index contributed by atoms with van der Waals surface area (Å²) in [6.07, 6.45) is 5.64. The number of aryl methyl sites for hydroxylation is 4. The summed E-state index contributed by atoms with van der Waals surface area (Å²) < 4.78 is 4.28. The Bertz CT molecular complexity index is 715. The van der Waals surface area contributed by atoms with Crippen LogP contribution in [0.5, 0.6) is 0 Å². The monoisotopic (exact) mass is 302 g/mol. The molecule has 0 aliphatic carbocycles. The van der Waals surface area contributed by atoms with Crippen LogP contribution in [0.25, 0.3) is 11.0 Å². The van der Waals surface area contributed by atoms with E-state index < -0.39 is 0 Å². The fraction of sp³-hybridized carbons (Fsp3) is 0.375. The van der Waals surface area contributed by atoms with Crippen LogP contribution >= 0.6 is 11.6 Å². The fourth-order valence-electron chi connectivity index (χ4n) is 2.75. The van der Waals surface area contributed by atoms with Gasteiger partial charge in [-0.05, 0) is 31.0 Å². The minimum absolute atomic E-state index is 0.599. The molecule has 3 aromatic rings. The number of nitrogens with zero attached hydrogens (tertiary/aromatic N) is 4. The molecular formula is C16H19ClN4. The first kappa shape index (κ1) is 14.1. The van der Waals surface area contributed by atoms with Crippen molar-refractivity contribution in [1.82, 2.24) is 19.3 Å². The highest BCUT2D eigenvalue weighted by Crippen LogP contribution is 2.21. The van der Waals surface area contributed by atoms with Crippen molar-refractivity contribution in [2.45, 2.75) is 32.9 Å². The molecule has 0 aliphatic rings. The van der Waals surface area contributed by atoms with Gasteiger partial charge in [0.15, 0.2) is 0 Å². The first-order valence-electron chi connectivity index (χ1n) is 7.27. The van der Waals surface area contributed by atoms with Crippen LogP contribution in [0.3, 0.4) is 0 Å². The number of aromatic nitrogens is 4. The summed E-state index contributed by atoms with van der Waals surface area (Å²) in [6, 6.07) is 8.22. The normalized spacial score (nSPS) is 11.3. The third-order valence-corrected chi connectivity index (χ3v) is 3.88. The van der Waals surface area contributed by atoms with Crippen LogP contribution in [0.1, 0.15) is 17.8 Å². The van der Waals surface area contributed by atoms with E-state index >= 15 is 0 Å². The smallest absolute Gasteiger partial charge is 0.111 e. The number of para-hydroxylation sites is 1. The van der Waals surface area contributed by atoms with Crippen LogP contribution in [0, 0.1) is 6.92 Å². The van der Waals surface area contributed by atoms with E-state index in [1.54, 1.807) is 0 Å². The molecule has 0 fully saturated rings. The SMILES string of the molecule is Cc1cccc2nc(CCCl)n(CCCn3cccn3)c12. The third-order valence-electron chi connectivity index (χ3n) is 3.69. The summed E-state index contributed by atoms with van der Waals surface area (Å²) in [6.45, 7) is 3.99. The summed E-state index contributed by atoms with van der Waals surface area (Å²) in [5.74, 6) is 1.68. The Labute approximate surface area is 129 Å². The number of benzene rings is 1. The van der Waals surface area contributed by atoms with Crippen LogP contribution in [0.4, 0.5) is 0 Å². The molecule has 0 N–H and O–H groups in total. The van der Waals surface area contributed by atoms with Crippen molar-refractivity contribution in [3.63, 3.8) is 0 Å². The second-order valence-electron chi connectivity index (χ2n) is 5.18. The predicted molar refractivity (Wildman–Crippen MR) is 85.7 cm³/mol. The average molecular weight is 303 g/mol. The second-order valence-corrected chi connectivity index (χ2v) is 5.56. The van der Waals surface area contributed by atoms with Crippen LogP contribution in [-0.4, -0.2) is 25.2 Å². The van der Waals surface area contributed by atoms with Gasteiger partial charge in [0.2, 0.25) is 0 Å². The van der Waals surface area contributed by atoms with Crippen molar-refractivity contribution < 1.29 is 0 Å². The Balaban J connectivity index is 1.86. The van der Waals surface area contributed by atoms with Gasteiger partial charge in [0.1, 0.15) is 5.82 Å². The highest BCUT2D eigenvalue weighted by Gasteiger charge is 2.11. The minimum atomic E-state index is 0.599. The molecule has 0 unspecified atom stereocenters. The predicted octanol–water partition coefficient (Wildman–Crippen LogP) is 3.41. The van der Waals surface area contributed by atoms with E-state index in [1.165, 1.54) is 11.1 Å². The molecule has 3 rings (SSSR count). The third kappa shape index (κ3) is 2.95. The number of hydrogen-bond acceptors (Lipinski definition) is 2. The van der Waals surface area contributed by atoms with E-state index in [-0.39, 0.29) is 0 Å². The zero-order valence-corrected chi connectivity index (χ0v) is 12.9. The minimum Gasteiger partial charge on any atom is -0.328 e. The first-order valence-corrected chi connectivity index (χ1v) is 7.81. The van der Waals surface area contributed by atoms with Crippen LogP contribution in [0.2, 0.25) is 0 Å². The van der Waals surface area contributed by atoms with Crippen LogP contribution in [0.15, 0.2) is 36.7 Å². The quantitative estimate of drug-likeness (QED) is 0.654. The second kappa shape index (κ2) is 6.31. The maximum Gasteiger partial charge on any atom is 0.111 e. The van der Waals surface area contributed by atoms with Crippen molar-refractivity contribution in [2.24, 2.45) is 0 Å². The molecule has 0 atom stereocenters. The molecule has 0 spiro atoms. The van der Waals surface area contributed by atoms with Gasteiger partial charge in [-0.25, -0.2) is 4.98 Å². The Morgan fingerprint density at radius 1 is 1.19 bits per heavy atom.